The molecule has 0 unspecified atom stereocenters. The topological polar surface area (TPSA) is 83.1 Å². The van der Waals surface area contributed by atoms with Gasteiger partial charge in [0, 0.05) is 81.6 Å². The summed E-state index contributed by atoms with van der Waals surface area (Å²) < 4.78 is 46.5. The van der Waals surface area contributed by atoms with Crippen molar-refractivity contribution < 1.29 is 39.8 Å². The first-order valence-electron chi connectivity index (χ1n) is 9.83. The van der Waals surface area contributed by atoms with Crippen molar-refractivity contribution in [3.05, 3.63) is 0 Å². The van der Waals surface area contributed by atoms with Crippen LogP contribution in [0.5, 0.6) is 0 Å². The molecule has 0 aromatic rings. The molecule has 0 heterocycles. The SMILES string of the molecule is CCC[Si](OC)(OC)OC.CCO[Si](C)(OCC)OCC.CO[Si](C)(OC)OC. The van der Waals surface area contributed by atoms with E-state index in [1.165, 1.54) is 0 Å². The molecule has 0 rings (SSSR count). The number of rotatable bonds is 14. The summed E-state index contributed by atoms with van der Waals surface area (Å²) in [7, 11) is 3.01. The molecule has 0 aliphatic carbocycles. The van der Waals surface area contributed by atoms with Crippen molar-refractivity contribution in [2.45, 2.75) is 53.3 Å². The van der Waals surface area contributed by atoms with E-state index in [9.17, 15) is 0 Å². The average Bonchev–Trinajstić information content (AvgIpc) is 2.73. The van der Waals surface area contributed by atoms with Gasteiger partial charge in [0.15, 0.2) is 0 Å². The fourth-order valence-electron chi connectivity index (χ4n) is 2.02. The molecule has 0 saturated carbocycles. The molecular weight excluding hydrogens is 432 g/mol. The summed E-state index contributed by atoms with van der Waals surface area (Å²) in [4.78, 5) is 0. The lowest BCUT2D eigenvalue weighted by Gasteiger charge is -2.23. The van der Waals surface area contributed by atoms with Crippen LogP contribution in [0, 0.1) is 0 Å². The van der Waals surface area contributed by atoms with Gasteiger partial charge in [0.25, 0.3) is 0 Å². The van der Waals surface area contributed by atoms with E-state index in [1.54, 1.807) is 42.7 Å². The molecule has 0 radical (unpaired) electrons. The summed E-state index contributed by atoms with van der Waals surface area (Å²) in [5, 5.41) is 0. The van der Waals surface area contributed by atoms with Gasteiger partial charge in [0.05, 0.1) is 0 Å². The van der Waals surface area contributed by atoms with Crippen LogP contribution in [0.3, 0.4) is 0 Å². The minimum absolute atomic E-state index is 0.655. The van der Waals surface area contributed by atoms with E-state index in [0.717, 1.165) is 12.5 Å². The third kappa shape index (κ3) is 16.6. The smallest absolute Gasteiger partial charge is 0.377 e. The normalized spacial score (nSPS) is 12.0. The fraction of sp³-hybridized carbons (Fsp3) is 1.00. The molecule has 0 bridgehead atoms. The lowest BCUT2D eigenvalue weighted by Crippen LogP contribution is -2.42. The molecule has 12 heteroatoms. The van der Waals surface area contributed by atoms with Crippen molar-refractivity contribution in [2.24, 2.45) is 0 Å². The Balaban J connectivity index is -0.000000354. The highest BCUT2D eigenvalue weighted by Crippen LogP contribution is 2.13. The Bertz CT molecular complexity index is 311. The summed E-state index contributed by atoms with van der Waals surface area (Å²) in [6.07, 6.45) is 1.03. The summed E-state index contributed by atoms with van der Waals surface area (Å²) in [5.41, 5.74) is 0. The van der Waals surface area contributed by atoms with Crippen LogP contribution in [0.2, 0.25) is 19.1 Å². The fourth-order valence-corrected chi connectivity index (χ4v) is 6.07. The van der Waals surface area contributed by atoms with Crippen LogP contribution in [0.4, 0.5) is 0 Å². The maximum atomic E-state index is 5.40. The molecular formula is C17H46O9Si3. The number of hydrogen-bond donors (Lipinski definition) is 0. The summed E-state index contributed by atoms with van der Waals surface area (Å²) in [6, 6.07) is 0.885. The second-order valence-corrected chi connectivity index (χ2v) is 14.3. The molecule has 0 aliphatic rings. The lowest BCUT2D eigenvalue weighted by molar-refractivity contribution is 0.0783. The van der Waals surface area contributed by atoms with E-state index < -0.39 is 26.4 Å². The number of hydrogen-bond acceptors (Lipinski definition) is 9. The van der Waals surface area contributed by atoms with Gasteiger partial charge in [-0.1, -0.05) is 13.3 Å². The van der Waals surface area contributed by atoms with E-state index >= 15 is 0 Å². The van der Waals surface area contributed by atoms with Gasteiger partial charge in [-0.25, -0.2) is 0 Å². The molecule has 180 valence electrons. The van der Waals surface area contributed by atoms with E-state index in [0.29, 0.717) is 19.8 Å². The summed E-state index contributed by atoms with van der Waals surface area (Å²) in [5.74, 6) is 0. The Morgan fingerprint density at radius 1 is 0.483 bits per heavy atom. The van der Waals surface area contributed by atoms with Crippen LogP contribution in [0.1, 0.15) is 34.1 Å². The van der Waals surface area contributed by atoms with Crippen molar-refractivity contribution in [2.75, 3.05) is 62.5 Å². The van der Waals surface area contributed by atoms with E-state index in [-0.39, 0.29) is 0 Å². The second kappa shape index (κ2) is 20.2. The lowest BCUT2D eigenvalue weighted by atomic mass is 10.6. The van der Waals surface area contributed by atoms with Crippen LogP contribution < -0.4 is 0 Å². The highest BCUT2D eigenvalue weighted by molar-refractivity contribution is 6.60. The molecule has 29 heavy (non-hydrogen) atoms. The zero-order valence-corrected chi connectivity index (χ0v) is 23.7. The molecule has 9 nitrogen and oxygen atoms in total. The van der Waals surface area contributed by atoms with Crippen LogP contribution in [0.25, 0.3) is 0 Å². The summed E-state index contributed by atoms with van der Waals surface area (Å²) in [6.45, 7) is 13.6. The molecule has 0 amide bonds. The molecule has 0 aromatic carbocycles. The standard InChI is InChI=1S/C7H18O3Si.C6H16O3Si.C4H12O3Si/c1-5-8-11(4,9-6-2)10-7-3;1-5-6-10(7-2,8-3)9-4;1-5-8(4,6-2)7-3/h5-7H2,1-4H3;5-6H2,1-4H3;1-4H3. The zero-order chi connectivity index (χ0) is 23.4. The Labute approximate surface area is 182 Å². The van der Waals surface area contributed by atoms with E-state index in [1.807, 2.05) is 33.9 Å². The molecule has 0 atom stereocenters. The summed E-state index contributed by atoms with van der Waals surface area (Å²) >= 11 is 0. The first-order valence-corrected chi connectivity index (χ1v) is 16.2. The largest absolute Gasteiger partial charge is 0.500 e. The van der Waals surface area contributed by atoms with Crippen molar-refractivity contribution >= 4 is 26.4 Å². The minimum atomic E-state index is -2.25. The van der Waals surface area contributed by atoms with Crippen LogP contribution in [-0.4, -0.2) is 88.9 Å². The Morgan fingerprint density at radius 3 is 0.897 bits per heavy atom. The van der Waals surface area contributed by atoms with Gasteiger partial charge in [0.2, 0.25) is 0 Å². The second-order valence-electron chi connectivity index (χ2n) is 5.68. The van der Waals surface area contributed by atoms with E-state index in [2.05, 4.69) is 6.92 Å². The average molecular weight is 479 g/mol. The van der Waals surface area contributed by atoms with Crippen LogP contribution >= 0.6 is 0 Å². The van der Waals surface area contributed by atoms with Gasteiger partial charge in [-0.3, -0.25) is 0 Å². The molecule has 0 spiro atoms. The predicted octanol–water partition coefficient (Wildman–Crippen LogP) is 3.43. The van der Waals surface area contributed by atoms with Gasteiger partial charge in [0.1, 0.15) is 0 Å². The maximum absolute atomic E-state index is 5.40. The van der Waals surface area contributed by atoms with Crippen molar-refractivity contribution in [1.82, 2.24) is 0 Å². The van der Waals surface area contributed by atoms with Gasteiger partial charge in [-0.2, -0.15) is 0 Å². The Hall–Kier alpha value is 0.291. The van der Waals surface area contributed by atoms with Crippen LogP contribution in [0.15, 0.2) is 0 Å². The first kappa shape index (κ1) is 33.9. The first-order chi connectivity index (χ1) is 13.6. The molecule has 0 N–H and O–H groups in total. The van der Waals surface area contributed by atoms with Gasteiger partial charge in [-0.15, -0.1) is 0 Å². The third-order valence-corrected chi connectivity index (χ3v) is 11.5. The highest BCUT2D eigenvalue weighted by atomic mass is 28.4. The van der Waals surface area contributed by atoms with Crippen LogP contribution in [-0.2, 0) is 39.8 Å². The van der Waals surface area contributed by atoms with Crippen molar-refractivity contribution in [3.8, 4) is 0 Å². The molecule has 0 aromatic heterocycles. The van der Waals surface area contributed by atoms with Crippen molar-refractivity contribution in [3.63, 3.8) is 0 Å². The zero-order valence-electron chi connectivity index (χ0n) is 20.7. The predicted molar refractivity (Wildman–Crippen MR) is 121 cm³/mol. The van der Waals surface area contributed by atoms with Gasteiger partial charge < -0.3 is 39.8 Å². The highest BCUT2D eigenvalue weighted by Gasteiger charge is 2.36. The third-order valence-electron chi connectivity index (χ3n) is 3.82. The minimum Gasteiger partial charge on any atom is -0.377 e. The van der Waals surface area contributed by atoms with Gasteiger partial charge >= 0.3 is 26.4 Å². The molecule has 0 fully saturated rings. The molecule has 0 saturated heterocycles. The quantitative estimate of drug-likeness (QED) is 0.349. The van der Waals surface area contributed by atoms with E-state index in [4.69, 9.17) is 39.8 Å². The molecule has 0 aliphatic heterocycles. The Kier molecular flexibility index (Phi) is 23.6. The monoisotopic (exact) mass is 478 g/mol. The van der Waals surface area contributed by atoms with Crippen molar-refractivity contribution in [1.29, 1.82) is 0 Å². The Morgan fingerprint density at radius 2 is 0.793 bits per heavy atom. The maximum Gasteiger partial charge on any atom is 0.500 e. The van der Waals surface area contributed by atoms with Gasteiger partial charge in [-0.05, 0) is 20.8 Å².